The molecule has 3 heterocycles. The summed E-state index contributed by atoms with van der Waals surface area (Å²) in [6.07, 6.45) is 17.2. The molecule has 6 aliphatic rings. The number of hydrogen-bond acceptors (Lipinski definition) is 12. The SMILES string of the molecule is CCC[C@@H](CC[C@@H]1[C@H]2CC(=O)O[C@H]2C[C@H]1OB(P)P)OP.CCC[C@@H](CC[C@@H]1[C@H]2CC(O)O[C@H]2C[C@H]1O)OP.CCC[C@@H](CC[C@@H]1[C@H]2CC(O)O[C@H]2C[C@H]1OB(P)P)OP.[3HH].[3HH].[3HH]. The number of esters is 1. The van der Waals surface area contributed by atoms with Crippen molar-refractivity contribution in [3.63, 3.8) is 0 Å². The van der Waals surface area contributed by atoms with Gasteiger partial charge in [0.15, 0.2) is 12.6 Å². The first-order chi connectivity index (χ1) is 28.7. The quantitative estimate of drug-likeness (QED) is 0.0548. The first-order valence-electron chi connectivity index (χ1n) is 22.7. The van der Waals surface area contributed by atoms with Gasteiger partial charge in [0, 0.05) is 76.5 Å². The number of ether oxygens (including phenoxy) is 3. The van der Waals surface area contributed by atoms with E-state index in [2.05, 4.69) is 85.6 Å². The Morgan fingerprint density at radius 1 is 0.600 bits per heavy atom. The second-order valence-corrected chi connectivity index (χ2v) is 22.9. The molecule has 0 aromatic rings. The van der Waals surface area contributed by atoms with Crippen LogP contribution >= 0.6 is 64.9 Å². The van der Waals surface area contributed by atoms with Crippen LogP contribution in [0.1, 0.15) is 141 Å². The van der Waals surface area contributed by atoms with E-state index < -0.39 is 12.6 Å². The largest absolute Gasteiger partial charge is 0.462 e. The summed E-state index contributed by atoms with van der Waals surface area (Å²) in [5, 5.41) is 29.3. The minimum absolute atomic E-state index is 0. The van der Waals surface area contributed by atoms with Crippen LogP contribution in [0.4, 0.5) is 0 Å². The molecular formula is C39H85B2O12P7. The summed E-state index contributed by atoms with van der Waals surface area (Å²) in [5.41, 5.74) is 0. The van der Waals surface area contributed by atoms with Gasteiger partial charge in [-0.25, -0.2) is 0 Å². The molecule has 3 aliphatic carbocycles. The first kappa shape index (κ1) is 54.8. The molecule has 0 aromatic heterocycles. The van der Waals surface area contributed by atoms with Gasteiger partial charge in [-0.15, -0.1) is 36.5 Å². The molecule has 9 unspecified atom stereocenters. The summed E-state index contributed by atoms with van der Waals surface area (Å²) in [6.45, 7) is 6.51. The van der Waals surface area contributed by atoms with E-state index in [9.17, 15) is 20.1 Å². The summed E-state index contributed by atoms with van der Waals surface area (Å²) >= 11 is 0. The average molecular weight is 991 g/mol. The fourth-order valence-corrected chi connectivity index (χ4v) is 12.7. The van der Waals surface area contributed by atoms with Crippen LogP contribution in [0.15, 0.2) is 0 Å². The van der Waals surface area contributed by atoms with Crippen molar-refractivity contribution in [1.82, 2.24) is 0 Å². The van der Waals surface area contributed by atoms with Crippen molar-refractivity contribution in [3.8, 4) is 0 Å². The maximum absolute atomic E-state index is 11.5. The Bertz CT molecular complexity index is 1250. The van der Waals surface area contributed by atoms with Gasteiger partial charge in [-0.05, 0) is 93.8 Å². The highest BCUT2D eigenvalue weighted by Gasteiger charge is 2.52. The van der Waals surface area contributed by atoms with E-state index >= 15 is 0 Å². The van der Waals surface area contributed by atoms with Gasteiger partial charge in [-0.3, -0.25) is 4.79 Å². The predicted molar refractivity (Wildman–Crippen MR) is 269 cm³/mol. The van der Waals surface area contributed by atoms with Gasteiger partial charge >= 0.3 is 18.7 Å². The van der Waals surface area contributed by atoms with Crippen molar-refractivity contribution in [2.24, 2.45) is 35.5 Å². The Balaban J connectivity index is 0.000000463. The molecule has 6 fully saturated rings. The highest BCUT2D eigenvalue weighted by atomic mass is 31.1. The molecule has 21 heteroatoms. The fraction of sp³-hybridized carbons (Fsp3) is 0.974. The van der Waals surface area contributed by atoms with Crippen molar-refractivity contribution in [2.75, 3.05) is 0 Å². The molecule has 354 valence electrons. The van der Waals surface area contributed by atoms with E-state index in [-0.39, 0.29) is 77.7 Å². The Kier molecular flexibility index (Phi) is 26.1. The summed E-state index contributed by atoms with van der Waals surface area (Å²) in [5.74, 6) is 2.12. The fourth-order valence-electron chi connectivity index (χ4n) is 11.0. The highest BCUT2D eigenvalue weighted by Crippen LogP contribution is 2.48. The maximum atomic E-state index is 11.5. The molecule has 3 saturated carbocycles. The van der Waals surface area contributed by atoms with E-state index in [1.54, 1.807) is 0 Å². The normalized spacial score (nSPS) is 36.6. The van der Waals surface area contributed by atoms with E-state index in [4.69, 9.17) is 37.1 Å². The smallest absolute Gasteiger partial charge is 0.336 e. The standard InChI is InChI=1S/C13H28BO4P3.C13H26BO4P3.C13H25O4P.3H2/c2*1-2-3-8(18-21)4-5-9-10-6-13(15)16-11(10)7-12(9)17-14(19)20;1-2-3-8(17-18)4-5-9-10-6-13(15)16-12(10)7-11(9)14;;;/h8-13,15H,2-7,19-21H2,1H3;8-12H,2-7,19-21H2,1H3;8-15H,2-7,18H2,1H3;3*1H/t8-,9+,10+,11-,12+,13?;8-,9+,10+,11-,12+;8-,9+,10+,11+,12-,13?;;;/m000.../s1/i;;;3*1+2. The van der Waals surface area contributed by atoms with Crippen LogP contribution in [0, 0.1) is 35.5 Å². The maximum Gasteiger partial charge on any atom is 0.336 e. The predicted octanol–water partition coefficient (Wildman–Crippen LogP) is 8.00. The zero-order valence-corrected chi connectivity index (χ0v) is 44.3. The van der Waals surface area contributed by atoms with Gasteiger partial charge < -0.3 is 52.4 Å². The lowest BCUT2D eigenvalue weighted by molar-refractivity contribution is -0.141. The minimum Gasteiger partial charge on any atom is -0.462 e. The molecule has 3 saturated heterocycles. The van der Waals surface area contributed by atoms with Crippen molar-refractivity contribution in [1.29, 1.82) is 0 Å². The van der Waals surface area contributed by atoms with Gasteiger partial charge in [-0.2, -0.15) is 0 Å². The van der Waals surface area contributed by atoms with Gasteiger partial charge in [0.05, 0.1) is 43.0 Å². The highest BCUT2D eigenvalue weighted by molar-refractivity contribution is 7.92. The molecule has 3 aliphatic heterocycles. The monoisotopic (exact) mass is 990 g/mol. The van der Waals surface area contributed by atoms with Crippen molar-refractivity contribution >= 4 is 83.6 Å². The molecule has 24 atom stereocenters. The summed E-state index contributed by atoms with van der Waals surface area (Å²) in [6, 6.07) is 0. The number of rotatable bonds is 22. The number of fused-ring (bicyclic) bond motifs is 3. The Morgan fingerprint density at radius 3 is 1.43 bits per heavy atom. The Morgan fingerprint density at radius 2 is 1.00 bits per heavy atom. The van der Waals surface area contributed by atoms with Crippen LogP contribution in [0.3, 0.4) is 0 Å². The molecule has 12 nitrogen and oxygen atoms in total. The lowest BCUT2D eigenvalue weighted by Gasteiger charge is -2.27. The van der Waals surface area contributed by atoms with Crippen LogP contribution in [0.5, 0.6) is 0 Å². The molecule has 0 radical (unpaired) electrons. The van der Waals surface area contributed by atoms with E-state index in [0.29, 0.717) is 55.0 Å². The van der Waals surface area contributed by atoms with Crippen molar-refractivity contribution < 1.29 is 61.5 Å². The third kappa shape index (κ3) is 16.8. The van der Waals surface area contributed by atoms with Gasteiger partial charge in [0.2, 0.25) is 0 Å². The molecule has 6 rings (SSSR count). The van der Waals surface area contributed by atoms with Crippen molar-refractivity contribution in [2.45, 2.75) is 204 Å². The Labute approximate surface area is 383 Å². The zero-order chi connectivity index (χ0) is 43.9. The number of carbonyl (C=O) groups excluding carboxylic acids is 1. The van der Waals surface area contributed by atoms with Crippen LogP contribution in [-0.2, 0) is 41.9 Å². The second kappa shape index (κ2) is 28.5. The van der Waals surface area contributed by atoms with Gasteiger partial charge in [0.1, 0.15) is 6.10 Å². The second-order valence-electron chi connectivity index (χ2n) is 17.9. The number of carbonyl (C=O) groups is 1. The summed E-state index contributed by atoms with van der Waals surface area (Å²) in [4.78, 5) is 11.5. The number of aliphatic hydroxyl groups is 3. The Hall–Kier alpha value is 2.21. The lowest BCUT2D eigenvalue weighted by atomic mass is 9.86. The van der Waals surface area contributed by atoms with Gasteiger partial charge in [0.25, 0.3) is 0 Å². The number of aliphatic hydroxyl groups excluding tert-OH is 3. The molecule has 0 bridgehead atoms. The number of hydrogen-bond donors (Lipinski definition) is 3. The zero-order valence-electron chi connectivity index (χ0n) is 36.3. The summed E-state index contributed by atoms with van der Waals surface area (Å²) < 4.78 is 44.9. The van der Waals surface area contributed by atoms with Gasteiger partial charge in [-0.1, -0.05) is 40.0 Å². The molecule has 3 N–H and O–H groups in total. The molecular weight excluding hydrogens is 899 g/mol. The van der Waals surface area contributed by atoms with E-state index in [0.717, 1.165) is 96.3 Å². The van der Waals surface area contributed by atoms with Crippen LogP contribution in [-0.4, -0.2) is 102 Å². The third-order valence-electron chi connectivity index (χ3n) is 13.8. The first-order valence-corrected chi connectivity index (χ1v) is 26.8. The average Bonchev–Trinajstić information content (AvgIpc) is 4.02. The van der Waals surface area contributed by atoms with Crippen LogP contribution in [0.25, 0.3) is 0 Å². The molecule has 0 amide bonds. The minimum atomic E-state index is -0.626. The lowest BCUT2D eigenvalue weighted by Crippen LogP contribution is -2.27. The molecule has 0 aromatic carbocycles. The molecule has 0 spiro atoms. The van der Waals surface area contributed by atoms with Crippen LogP contribution in [0.2, 0.25) is 0 Å². The third-order valence-corrected chi connectivity index (χ3v) is 15.6. The molecule has 60 heavy (non-hydrogen) atoms. The van der Waals surface area contributed by atoms with Crippen LogP contribution < -0.4 is 0 Å². The van der Waals surface area contributed by atoms with E-state index in [1.807, 2.05) is 0 Å². The van der Waals surface area contributed by atoms with E-state index in [1.165, 1.54) is 0 Å². The van der Waals surface area contributed by atoms with Crippen molar-refractivity contribution in [3.05, 3.63) is 0 Å². The topological polar surface area (TPSA) is 152 Å². The summed E-state index contributed by atoms with van der Waals surface area (Å²) in [7, 11) is 17.8.